The van der Waals surface area contributed by atoms with Crippen molar-refractivity contribution in [3.05, 3.63) is 47.5 Å². The number of alkyl carbamates (subject to hydrolysis) is 1. The standard InChI is InChI=1S/C21H29N3O5/c1-14-9-15(7-8-18(14)27-5)12-24-13-22-11-16(24)10-17(19(25)28-6)23-20(26)29-21(2,3)4/h7-9,11,13,17H,10,12H2,1-6H3,(H,23,26). The van der Waals surface area contributed by atoms with Gasteiger partial charge in [0.1, 0.15) is 17.4 Å². The highest BCUT2D eigenvalue weighted by molar-refractivity contribution is 5.81. The number of benzene rings is 1. The lowest BCUT2D eigenvalue weighted by atomic mass is 10.1. The van der Waals surface area contributed by atoms with Gasteiger partial charge >= 0.3 is 12.1 Å². The lowest BCUT2D eigenvalue weighted by molar-refractivity contribution is -0.143. The van der Waals surface area contributed by atoms with E-state index in [4.69, 9.17) is 14.2 Å². The third kappa shape index (κ3) is 6.51. The largest absolute Gasteiger partial charge is 0.496 e. The molecule has 0 saturated heterocycles. The van der Waals surface area contributed by atoms with Crippen molar-refractivity contribution in [2.45, 2.75) is 52.3 Å². The first-order valence-corrected chi connectivity index (χ1v) is 9.33. The second-order valence-electron chi connectivity index (χ2n) is 7.74. The summed E-state index contributed by atoms with van der Waals surface area (Å²) in [5.74, 6) is 0.274. The molecule has 0 fully saturated rings. The zero-order valence-electron chi connectivity index (χ0n) is 17.8. The van der Waals surface area contributed by atoms with Crippen molar-refractivity contribution < 1.29 is 23.8 Å². The normalized spacial score (nSPS) is 12.2. The molecule has 1 amide bonds. The van der Waals surface area contributed by atoms with E-state index in [1.165, 1.54) is 7.11 Å². The van der Waals surface area contributed by atoms with Gasteiger partial charge in [-0.05, 0) is 44.9 Å². The molecule has 1 unspecified atom stereocenters. The lowest BCUT2D eigenvalue weighted by Gasteiger charge is -2.22. The minimum atomic E-state index is -0.886. The Kier molecular flexibility index (Phi) is 7.25. The van der Waals surface area contributed by atoms with Crippen LogP contribution >= 0.6 is 0 Å². The molecule has 1 N–H and O–H groups in total. The first kappa shape index (κ1) is 22.3. The van der Waals surface area contributed by atoms with Crippen molar-refractivity contribution in [1.82, 2.24) is 14.9 Å². The maximum Gasteiger partial charge on any atom is 0.408 e. The fourth-order valence-electron chi connectivity index (χ4n) is 2.89. The highest BCUT2D eigenvalue weighted by Gasteiger charge is 2.26. The van der Waals surface area contributed by atoms with Gasteiger partial charge in [0, 0.05) is 24.9 Å². The molecule has 0 aliphatic heterocycles. The van der Waals surface area contributed by atoms with Crippen LogP contribution in [0, 0.1) is 6.92 Å². The number of carbonyl (C=O) groups is 2. The molecule has 0 spiro atoms. The Morgan fingerprint density at radius 3 is 2.55 bits per heavy atom. The summed E-state index contributed by atoms with van der Waals surface area (Å²) in [7, 11) is 2.92. The smallest absolute Gasteiger partial charge is 0.408 e. The molecule has 2 rings (SSSR count). The van der Waals surface area contributed by atoms with Crippen LogP contribution in [0.15, 0.2) is 30.7 Å². The van der Waals surface area contributed by atoms with Gasteiger partial charge in [-0.25, -0.2) is 14.6 Å². The van der Waals surface area contributed by atoms with Gasteiger partial charge in [0.05, 0.1) is 20.5 Å². The van der Waals surface area contributed by atoms with Gasteiger partial charge in [0.25, 0.3) is 0 Å². The summed E-state index contributed by atoms with van der Waals surface area (Å²) in [6, 6.07) is 5.05. The molecule has 29 heavy (non-hydrogen) atoms. The van der Waals surface area contributed by atoms with Gasteiger partial charge < -0.3 is 24.1 Å². The van der Waals surface area contributed by atoms with Gasteiger partial charge in [0.15, 0.2) is 0 Å². The Morgan fingerprint density at radius 2 is 1.97 bits per heavy atom. The molecule has 1 atom stereocenters. The van der Waals surface area contributed by atoms with Gasteiger partial charge in [-0.1, -0.05) is 12.1 Å². The molecule has 158 valence electrons. The zero-order valence-corrected chi connectivity index (χ0v) is 17.8. The predicted octanol–water partition coefficient (Wildman–Crippen LogP) is 2.86. The Bertz CT molecular complexity index is 854. The van der Waals surface area contributed by atoms with Crippen LogP contribution < -0.4 is 10.1 Å². The SMILES string of the molecule is COC(=O)C(Cc1cncn1Cc1ccc(OC)c(C)c1)NC(=O)OC(C)(C)C. The summed E-state index contributed by atoms with van der Waals surface area (Å²) in [5.41, 5.74) is 2.21. The van der Waals surface area contributed by atoms with E-state index in [-0.39, 0.29) is 6.42 Å². The fraction of sp³-hybridized carbons (Fsp3) is 0.476. The second-order valence-corrected chi connectivity index (χ2v) is 7.74. The topological polar surface area (TPSA) is 91.7 Å². The molecule has 2 aromatic rings. The van der Waals surface area contributed by atoms with Crippen molar-refractivity contribution in [2.24, 2.45) is 0 Å². The molecule has 8 nitrogen and oxygen atoms in total. The number of methoxy groups -OCH3 is 2. The van der Waals surface area contributed by atoms with Crippen molar-refractivity contribution >= 4 is 12.1 Å². The molecule has 0 bridgehead atoms. The number of nitrogens with zero attached hydrogens (tertiary/aromatic N) is 2. The van der Waals surface area contributed by atoms with Crippen LogP contribution in [0.25, 0.3) is 0 Å². The van der Waals surface area contributed by atoms with Crippen LogP contribution in [0.4, 0.5) is 4.79 Å². The number of amides is 1. The minimum Gasteiger partial charge on any atom is -0.496 e. The van der Waals surface area contributed by atoms with Crippen molar-refractivity contribution in [3.8, 4) is 5.75 Å². The molecule has 1 aromatic heterocycles. The van der Waals surface area contributed by atoms with Crippen LogP contribution in [0.5, 0.6) is 5.75 Å². The number of hydrogen-bond donors (Lipinski definition) is 1. The molecule has 1 aromatic carbocycles. The summed E-state index contributed by atoms with van der Waals surface area (Å²) >= 11 is 0. The van der Waals surface area contributed by atoms with Gasteiger partial charge in [0.2, 0.25) is 0 Å². The maximum atomic E-state index is 12.2. The highest BCUT2D eigenvalue weighted by Crippen LogP contribution is 2.19. The summed E-state index contributed by atoms with van der Waals surface area (Å²) < 4.78 is 17.3. The number of aryl methyl sites for hydroxylation is 1. The van der Waals surface area contributed by atoms with Crippen LogP contribution in [-0.4, -0.2) is 47.5 Å². The van der Waals surface area contributed by atoms with Gasteiger partial charge in [-0.2, -0.15) is 0 Å². The summed E-state index contributed by atoms with van der Waals surface area (Å²) in [6.45, 7) is 7.82. The Hall–Kier alpha value is -3.03. The average molecular weight is 403 g/mol. The highest BCUT2D eigenvalue weighted by atomic mass is 16.6. The molecule has 0 aliphatic carbocycles. The maximum absolute atomic E-state index is 12.2. The predicted molar refractivity (Wildman–Crippen MR) is 108 cm³/mol. The number of hydrogen-bond acceptors (Lipinski definition) is 6. The number of esters is 1. The number of aromatic nitrogens is 2. The lowest BCUT2D eigenvalue weighted by Crippen LogP contribution is -2.45. The third-order valence-corrected chi connectivity index (χ3v) is 4.20. The molecular formula is C21H29N3O5. The van der Waals surface area contributed by atoms with E-state index >= 15 is 0 Å². The van der Waals surface area contributed by atoms with Crippen molar-refractivity contribution in [1.29, 1.82) is 0 Å². The number of ether oxygens (including phenoxy) is 3. The molecule has 1 heterocycles. The molecule has 0 radical (unpaired) electrons. The Morgan fingerprint density at radius 1 is 1.24 bits per heavy atom. The molecule has 8 heteroatoms. The Labute approximate surface area is 171 Å². The Balaban J connectivity index is 2.15. The van der Waals surface area contributed by atoms with E-state index in [1.807, 2.05) is 29.7 Å². The van der Waals surface area contributed by atoms with Crippen LogP contribution in [0.1, 0.15) is 37.6 Å². The third-order valence-electron chi connectivity index (χ3n) is 4.20. The summed E-state index contributed by atoms with van der Waals surface area (Å²) in [5, 5.41) is 2.58. The van der Waals surface area contributed by atoms with E-state index in [1.54, 1.807) is 40.4 Å². The van der Waals surface area contributed by atoms with Gasteiger partial charge in [-0.15, -0.1) is 0 Å². The molecule has 0 saturated carbocycles. The summed E-state index contributed by atoms with van der Waals surface area (Å²) in [4.78, 5) is 28.5. The first-order valence-electron chi connectivity index (χ1n) is 9.33. The number of rotatable bonds is 7. The molecule has 0 aliphatic rings. The number of imidazole rings is 1. The van der Waals surface area contributed by atoms with Gasteiger partial charge in [-0.3, -0.25) is 0 Å². The number of carbonyl (C=O) groups excluding carboxylic acids is 2. The van der Waals surface area contributed by atoms with E-state index in [0.29, 0.717) is 6.54 Å². The van der Waals surface area contributed by atoms with E-state index < -0.39 is 23.7 Å². The van der Waals surface area contributed by atoms with Crippen LogP contribution in [0.3, 0.4) is 0 Å². The fourth-order valence-corrected chi connectivity index (χ4v) is 2.89. The van der Waals surface area contributed by atoms with Crippen molar-refractivity contribution in [3.63, 3.8) is 0 Å². The minimum absolute atomic E-state index is 0.223. The molecular weight excluding hydrogens is 374 g/mol. The number of nitrogens with one attached hydrogen (secondary N) is 1. The quantitative estimate of drug-likeness (QED) is 0.715. The zero-order chi connectivity index (χ0) is 21.6. The van der Waals surface area contributed by atoms with E-state index in [9.17, 15) is 9.59 Å². The monoisotopic (exact) mass is 403 g/mol. The summed E-state index contributed by atoms with van der Waals surface area (Å²) in [6.07, 6.45) is 2.91. The van der Waals surface area contributed by atoms with Crippen LogP contribution in [-0.2, 0) is 27.2 Å². The first-order chi connectivity index (χ1) is 13.6. The average Bonchev–Trinajstić information content (AvgIpc) is 3.05. The van der Waals surface area contributed by atoms with E-state index in [2.05, 4.69) is 10.3 Å². The van der Waals surface area contributed by atoms with Crippen LogP contribution in [0.2, 0.25) is 0 Å². The van der Waals surface area contributed by atoms with Crippen molar-refractivity contribution in [2.75, 3.05) is 14.2 Å². The van der Waals surface area contributed by atoms with E-state index in [0.717, 1.165) is 22.6 Å². The second kappa shape index (κ2) is 9.45.